The first-order valence-electron chi connectivity index (χ1n) is 6.10. The zero-order valence-corrected chi connectivity index (χ0v) is 9.45. The number of benzene rings is 1. The molecule has 1 aromatic carbocycles. The molecule has 0 radical (unpaired) electrons. The largest absolute Gasteiger partial charge is 0.390 e. The quantitative estimate of drug-likeness (QED) is 0.809. The van der Waals surface area contributed by atoms with Gasteiger partial charge >= 0.3 is 0 Å². The topological polar surface area (TPSA) is 40.5 Å². The summed E-state index contributed by atoms with van der Waals surface area (Å²) in [5.74, 6) is 0. The van der Waals surface area contributed by atoms with Crippen LogP contribution in [-0.4, -0.2) is 21.4 Å². The molecule has 0 heterocycles. The van der Waals surface area contributed by atoms with Gasteiger partial charge in [0.1, 0.15) is 0 Å². The van der Waals surface area contributed by atoms with E-state index >= 15 is 0 Å². The fourth-order valence-electron chi connectivity index (χ4n) is 2.25. The zero-order valence-electron chi connectivity index (χ0n) is 9.45. The summed E-state index contributed by atoms with van der Waals surface area (Å²) < 4.78 is 0. The van der Waals surface area contributed by atoms with Crippen LogP contribution in [0.4, 0.5) is 0 Å². The van der Waals surface area contributed by atoms with Crippen LogP contribution >= 0.6 is 0 Å². The van der Waals surface area contributed by atoms with E-state index < -0.39 is 11.2 Å². The number of hydrogen-bond acceptors (Lipinski definition) is 2. The van der Waals surface area contributed by atoms with Gasteiger partial charge in [-0.25, -0.2) is 0 Å². The minimum absolute atomic E-state index is 0.422. The van der Waals surface area contributed by atoms with Gasteiger partial charge in [0.25, 0.3) is 0 Å². The summed E-state index contributed by atoms with van der Waals surface area (Å²) in [5.41, 5.74) is 1.55. The fraction of sp³-hybridized carbons (Fsp3) is 0.571. The second-order valence-corrected chi connectivity index (χ2v) is 5.62. The normalized spacial score (nSPS) is 24.1. The SMILES string of the molecule is OC1(Cc2cccc(CC3(O)CC3)c2)CC1. The Kier molecular flexibility index (Phi) is 2.13. The second kappa shape index (κ2) is 3.31. The Morgan fingerprint density at radius 2 is 1.31 bits per heavy atom. The molecule has 2 aliphatic rings. The summed E-state index contributed by atoms with van der Waals surface area (Å²) >= 11 is 0. The van der Waals surface area contributed by atoms with Gasteiger partial charge in [0.15, 0.2) is 0 Å². The van der Waals surface area contributed by atoms with Crippen LogP contribution in [0.3, 0.4) is 0 Å². The minimum Gasteiger partial charge on any atom is -0.390 e. The maximum Gasteiger partial charge on any atom is 0.0690 e. The van der Waals surface area contributed by atoms with Crippen LogP contribution < -0.4 is 0 Å². The third-order valence-electron chi connectivity index (χ3n) is 3.71. The Hall–Kier alpha value is -0.860. The van der Waals surface area contributed by atoms with Crippen molar-refractivity contribution in [2.24, 2.45) is 0 Å². The first-order chi connectivity index (χ1) is 7.57. The second-order valence-electron chi connectivity index (χ2n) is 5.62. The van der Waals surface area contributed by atoms with Gasteiger partial charge < -0.3 is 10.2 Å². The summed E-state index contributed by atoms with van der Waals surface area (Å²) in [6, 6.07) is 8.29. The maximum atomic E-state index is 9.87. The Morgan fingerprint density at radius 1 is 0.875 bits per heavy atom. The van der Waals surface area contributed by atoms with Crippen molar-refractivity contribution in [2.45, 2.75) is 49.7 Å². The Balaban J connectivity index is 1.72. The van der Waals surface area contributed by atoms with E-state index in [0.29, 0.717) is 0 Å². The van der Waals surface area contributed by atoms with E-state index in [4.69, 9.17) is 0 Å². The summed E-state index contributed by atoms with van der Waals surface area (Å²) in [7, 11) is 0. The van der Waals surface area contributed by atoms with E-state index in [1.807, 2.05) is 6.07 Å². The molecule has 2 N–H and O–H groups in total. The Bertz CT molecular complexity index is 368. The highest BCUT2D eigenvalue weighted by molar-refractivity contribution is 5.28. The van der Waals surface area contributed by atoms with E-state index in [1.165, 1.54) is 11.1 Å². The van der Waals surface area contributed by atoms with Gasteiger partial charge in [0.2, 0.25) is 0 Å². The zero-order chi connectivity index (χ0) is 11.2. The molecule has 0 spiro atoms. The lowest BCUT2D eigenvalue weighted by atomic mass is 10.00. The van der Waals surface area contributed by atoms with Crippen molar-refractivity contribution >= 4 is 0 Å². The molecule has 1 aromatic rings. The molecule has 0 bridgehead atoms. The van der Waals surface area contributed by atoms with Crippen molar-refractivity contribution in [3.8, 4) is 0 Å². The predicted molar refractivity (Wildman–Crippen MR) is 62.2 cm³/mol. The van der Waals surface area contributed by atoms with E-state index in [9.17, 15) is 10.2 Å². The molecule has 0 amide bonds. The van der Waals surface area contributed by atoms with Crippen molar-refractivity contribution in [1.82, 2.24) is 0 Å². The molecule has 2 aliphatic carbocycles. The van der Waals surface area contributed by atoms with E-state index in [-0.39, 0.29) is 0 Å². The standard InChI is InChI=1S/C14H18O2/c15-13(4-5-13)9-11-2-1-3-12(8-11)10-14(16)6-7-14/h1-3,8,15-16H,4-7,9-10H2. The van der Waals surface area contributed by atoms with Gasteiger partial charge in [-0.15, -0.1) is 0 Å². The van der Waals surface area contributed by atoms with E-state index in [0.717, 1.165) is 38.5 Å². The molecule has 86 valence electrons. The van der Waals surface area contributed by atoms with Gasteiger partial charge in [-0.1, -0.05) is 24.3 Å². The van der Waals surface area contributed by atoms with Crippen molar-refractivity contribution in [3.63, 3.8) is 0 Å². The molecular formula is C14H18O2. The van der Waals surface area contributed by atoms with Crippen molar-refractivity contribution in [2.75, 3.05) is 0 Å². The maximum absolute atomic E-state index is 9.87. The summed E-state index contributed by atoms with van der Waals surface area (Å²) in [5, 5.41) is 19.7. The molecule has 0 aliphatic heterocycles. The van der Waals surface area contributed by atoms with E-state index in [1.54, 1.807) is 0 Å². The van der Waals surface area contributed by atoms with Gasteiger partial charge in [-0.05, 0) is 36.8 Å². The van der Waals surface area contributed by atoms with Gasteiger partial charge in [0, 0.05) is 12.8 Å². The van der Waals surface area contributed by atoms with Gasteiger partial charge in [-0.3, -0.25) is 0 Å². The fourth-order valence-corrected chi connectivity index (χ4v) is 2.25. The first-order valence-corrected chi connectivity index (χ1v) is 6.10. The molecule has 2 saturated carbocycles. The summed E-state index contributed by atoms with van der Waals surface area (Å²) in [6.07, 6.45) is 5.25. The summed E-state index contributed by atoms with van der Waals surface area (Å²) in [4.78, 5) is 0. The molecule has 2 fully saturated rings. The molecule has 0 atom stereocenters. The van der Waals surface area contributed by atoms with Crippen LogP contribution in [0.5, 0.6) is 0 Å². The molecule has 0 aromatic heterocycles. The first kappa shape index (κ1) is 10.3. The Labute approximate surface area is 95.9 Å². The molecule has 0 unspecified atom stereocenters. The highest BCUT2D eigenvalue weighted by atomic mass is 16.3. The molecule has 2 nitrogen and oxygen atoms in total. The number of aliphatic hydroxyl groups is 2. The van der Waals surface area contributed by atoms with Crippen LogP contribution in [0.2, 0.25) is 0 Å². The lowest BCUT2D eigenvalue weighted by molar-refractivity contribution is 0.150. The summed E-state index contributed by atoms with van der Waals surface area (Å²) in [6.45, 7) is 0. The molecule has 0 saturated heterocycles. The van der Waals surface area contributed by atoms with Crippen LogP contribution in [-0.2, 0) is 12.8 Å². The predicted octanol–water partition coefficient (Wildman–Crippen LogP) is 1.82. The number of hydrogen-bond donors (Lipinski definition) is 2. The van der Waals surface area contributed by atoms with Crippen LogP contribution in [0.15, 0.2) is 24.3 Å². The van der Waals surface area contributed by atoms with Gasteiger partial charge in [0.05, 0.1) is 11.2 Å². The van der Waals surface area contributed by atoms with E-state index in [2.05, 4.69) is 18.2 Å². The van der Waals surface area contributed by atoms with Crippen molar-refractivity contribution in [1.29, 1.82) is 0 Å². The lowest BCUT2D eigenvalue weighted by Gasteiger charge is -2.11. The average molecular weight is 218 g/mol. The minimum atomic E-state index is -0.422. The third-order valence-corrected chi connectivity index (χ3v) is 3.71. The monoisotopic (exact) mass is 218 g/mol. The van der Waals surface area contributed by atoms with Crippen LogP contribution in [0.1, 0.15) is 36.8 Å². The molecule has 3 rings (SSSR count). The van der Waals surface area contributed by atoms with Crippen molar-refractivity contribution in [3.05, 3.63) is 35.4 Å². The Morgan fingerprint density at radius 3 is 1.69 bits per heavy atom. The van der Waals surface area contributed by atoms with Crippen molar-refractivity contribution < 1.29 is 10.2 Å². The molecule has 16 heavy (non-hydrogen) atoms. The average Bonchev–Trinajstić information content (AvgIpc) is 3.10. The van der Waals surface area contributed by atoms with Gasteiger partial charge in [-0.2, -0.15) is 0 Å². The van der Waals surface area contributed by atoms with Crippen LogP contribution in [0, 0.1) is 0 Å². The number of rotatable bonds is 4. The molecular weight excluding hydrogens is 200 g/mol. The molecule has 2 heteroatoms. The highest BCUT2D eigenvalue weighted by Crippen LogP contribution is 2.40. The lowest BCUT2D eigenvalue weighted by Crippen LogP contribution is -2.13. The smallest absolute Gasteiger partial charge is 0.0690 e. The van der Waals surface area contributed by atoms with Crippen LogP contribution in [0.25, 0.3) is 0 Å². The highest BCUT2D eigenvalue weighted by Gasteiger charge is 2.41. The third kappa shape index (κ3) is 2.28.